The Labute approximate surface area is 82.8 Å². The van der Waals surface area contributed by atoms with Crippen molar-refractivity contribution in [3.05, 3.63) is 29.3 Å². The third-order valence-electron chi connectivity index (χ3n) is 2.46. The number of hydrogen-bond donors (Lipinski definition) is 2. The molecule has 0 aliphatic carbocycles. The van der Waals surface area contributed by atoms with Crippen LogP contribution in [0.25, 0.3) is 0 Å². The number of rotatable bonds is 1. The van der Waals surface area contributed by atoms with E-state index in [0.29, 0.717) is 5.56 Å². The van der Waals surface area contributed by atoms with Gasteiger partial charge in [0.15, 0.2) is 0 Å². The number of benzene rings is 1. The Bertz CT molecular complexity index is 396. The molecule has 1 aromatic carbocycles. The highest BCUT2D eigenvalue weighted by atomic mass is 16.4. The van der Waals surface area contributed by atoms with E-state index in [9.17, 15) is 4.79 Å². The second-order valence-electron chi connectivity index (χ2n) is 4.36. The van der Waals surface area contributed by atoms with E-state index < -0.39 is 5.97 Å². The quantitative estimate of drug-likeness (QED) is 0.715. The van der Waals surface area contributed by atoms with Gasteiger partial charge in [0.25, 0.3) is 0 Å². The Balaban J connectivity index is 2.40. The normalized spacial score (nSPS) is 17.3. The topological polar surface area (TPSA) is 49.3 Å². The monoisotopic (exact) mass is 191 g/mol. The predicted molar refractivity (Wildman–Crippen MR) is 54.8 cm³/mol. The Hall–Kier alpha value is -1.51. The molecule has 0 saturated carbocycles. The maximum absolute atomic E-state index is 10.7. The molecule has 0 spiro atoms. The summed E-state index contributed by atoms with van der Waals surface area (Å²) >= 11 is 0. The van der Waals surface area contributed by atoms with Gasteiger partial charge in [-0.2, -0.15) is 0 Å². The molecule has 0 bridgehead atoms. The van der Waals surface area contributed by atoms with Crippen molar-refractivity contribution in [2.75, 3.05) is 5.32 Å². The molecule has 0 amide bonds. The van der Waals surface area contributed by atoms with E-state index in [-0.39, 0.29) is 5.54 Å². The summed E-state index contributed by atoms with van der Waals surface area (Å²) < 4.78 is 0. The fourth-order valence-corrected chi connectivity index (χ4v) is 1.88. The highest BCUT2D eigenvalue weighted by Crippen LogP contribution is 2.32. The van der Waals surface area contributed by atoms with E-state index in [0.717, 1.165) is 17.7 Å². The summed E-state index contributed by atoms with van der Waals surface area (Å²) in [6.45, 7) is 4.21. The Morgan fingerprint density at radius 3 is 2.86 bits per heavy atom. The Morgan fingerprint density at radius 2 is 2.21 bits per heavy atom. The zero-order valence-electron chi connectivity index (χ0n) is 8.29. The number of anilines is 1. The fourth-order valence-electron chi connectivity index (χ4n) is 1.88. The van der Waals surface area contributed by atoms with Crippen LogP contribution in [0, 0.1) is 0 Å². The molecule has 3 heteroatoms. The lowest BCUT2D eigenvalue weighted by molar-refractivity contribution is 0.0697. The maximum atomic E-state index is 10.7. The summed E-state index contributed by atoms with van der Waals surface area (Å²) in [6, 6.07) is 5.22. The van der Waals surface area contributed by atoms with Crippen LogP contribution in [0.2, 0.25) is 0 Å². The van der Waals surface area contributed by atoms with Crippen LogP contribution < -0.4 is 5.32 Å². The first-order valence-corrected chi connectivity index (χ1v) is 4.62. The lowest BCUT2D eigenvalue weighted by Crippen LogP contribution is -2.26. The minimum Gasteiger partial charge on any atom is -0.478 e. The molecule has 2 N–H and O–H groups in total. The molecule has 2 rings (SSSR count). The molecule has 1 heterocycles. The van der Waals surface area contributed by atoms with E-state index in [4.69, 9.17) is 5.11 Å². The van der Waals surface area contributed by atoms with Gasteiger partial charge >= 0.3 is 5.97 Å². The van der Waals surface area contributed by atoms with Crippen LogP contribution in [0.3, 0.4) is 0 Å². The molecule has 0 atom stereocenters. The van der Waals surface area contributed by atoms with E-state index in [1.807, 2.05) is 6.07 Å². The largest absolute Gasteiger partial charge is 0.478 e. The third-order valence-corrected chi connectivity index (χ3v) is 2.46. The average Bonchev–Trinajstić information content (AvgIpc) is 2.36. The first-order chi connectivity index (χ1) is 6.48. The first kappa shape index (κ1) is 9.06. The predicted octanol–water partition coefficient (Wildman–Crippen LogP) is 2.13. The van der Waals surface area contributed by atoms with Gasteiger partial charge in [0.05, 0.1) is 5.56 Å². The van der Waals surface area contributed by atoms with Gasteiger partial charge in [-0.1, -0.05) is 0 Å². The smallest absolute Gasteiger partial charge is 0.335 e. The second-order valence-corrected chi connectivity index (χ2v) is 4.36. The maximum Gasteiger partial charge on any atom is 0.335 e. The molecule has 1 aliphatic rings. The van der Waals surface area contributed by atoms with Gasteiger partial charge < -0.3 is 10.4 Å². The minimum atomic E-state index is -0.863. The van der Waals surface area contributed by atoms with Crippen molar-refractivity contribution >= 4 is 11.7 Å². The van der Waals surface area contributed by atoms with Gasteiger partial charge in [0, 0.05) is 11.2 Å². The Morgan fingerprint density at radius 1 is 1.50 bits per heavy atom. The lowest BCUT2D eigenvalue weighted by Gasteiger charge is -2.17. The van der Waals surface area contributed by atoms with Crippen LogP contribution in [0.4, 0.5) is 5.69 Å². The van der Waals surface area contributed by atoms with Gasteiger partial charge in [-0.15, -0.1) is 0 Å². The molecule has 0 aromatic heterocycles. The van der Waals surface area contributed by atoms with Crippen LogP contribution in [-0.4, -0.2) is 16.6 Å². The highest BCUT2D eigenvalue weighted by Gasteiger charge is 2.27. The standard InChI is InChI=1S/C11H13NO2/c1-11(2)6-8-5-7(10(13)14)3-4-9(8)12-11/h3-5,12H,6H2,1-2H3,(H,13,14). The summed E-state index contributed by atoms with van der Waals surface area (Å²) in [5.74, 6) is -0.863. The van der Waals surface area contributed by atoms with E-state index in [1.165, 1.54) is 0 Å². The van der Waals surface area contributed by atoms with Gasteiger partial charge in [-0.05, 0) is 44.0 Å². The van der Waals surface area contributed by atoms with E-state index >= 15 is 0 Å². The van der Waals surface area contributed by atoms with Gasteiger partial charge in [0.1, 0.15) is 0 Å². The fraction of sp³-hybridized carbons (Fsp3) is 0.364. The summed E-state index contributed by atoms with van der Waals surface area (Å²) in [5.41, 5.74) is 2.55. The van der Waals surface area contributed by atoms with Crippen molar-refractivity contribution in [1.29, 1.82) is 0 Å². The summed E-state index contributed by atoms with van der Waals surface area (Å²) in [6.07, 6.45) is 0.878. The number of fused-ring (bicyclic) bond motifs is 1. The number of aromatic carboxylic acids is 1. The third kappa shape index (κ3) is 1.45. The molecule has 0 radical (unpaired) electrons. The minimum absolute atomic E-state index is 0.0411. The summed E-state index contributed by atoms with van der Waals surface area (Å²) in [4.78, 5) is 10.7. The highest BCUT2D eigenvalue weighted by molar-refractivity contribution is 5.88. The summed E-state index contributed by atoms with van der Waals surface area (Å²) in [7, 11) is 0. The molecule has 1 aliphatic heterocycles. The number of carbonyl (C=O) groups is 1. The van der Waals surface area contributed by atoms with Crippen LogP contribution in [-0.2, 0) is 6.42 Å². The first-order valence-electron chi connectivity index (χ1n) is 4.62. The van der Waals surface area contributed by atoms with Crippen LogP contribution in [0.5, 0.6) is 0 Å². The molecule has 74 valence electrons. The van der Waals surface area contributed by atoms with Gasteiger partial charge in [0.2, 0.25) is 0 Å². The molecular weight excluding hydrogens is 178 g/mol. The van der Waals surface area contributed by atoms with Crippen molar-refractivity contribution < 1.29 is 9.90 Å². The van der Waals surface area contributed by atoms with Crippen molar-refractivity contribution in [2.24, 2.45) is 0 Å². The van der Waals surface area contributed by atoms with Crippen molar-refractivity contribution in [3.63, 3.8) is 0 Å². The van der Waals surface area contributed by atoms with E-state index in [2.05, 4.69) is 19.2 Å². The number of carboxylic acid groups (broad SMARTS) is 1. The van der Waals surface area contributed by atoms with Crippen molar-refractivity contribution in [2.45, 2.75) is 25.8 Å². The molecule has 3 nitrogen and oxygen atoms in total. The van der Waals surface area contributed by atoms with Gasteiger partial charge in [-0.25, -0.2) is 4.79 Å². The van der Waals surface area contributed by atoms with Crippen molar-refractivity contribution in [1.82, 2.24) is 0 Å². The zero-order chi connectivity index (χ0) is 10.3. The number of hydrogen-bond acceptors (Lipinski definition) is 2. The molecule has 0 unspecified atom stereocenters. The van der Waals surface area contributed by atoms with Gasteiger partial charge in [-0.3, -0.25) is 0 Å². The van der Waals surface area contributed by atoms with Crippen LogP contribution in [0.1, 0.15) is 29.8 Å². The lowest BCUT2D eigenvalue weighted by atomic mass is 9.99. The number of carboxylic acids is 1. The van der Waals surface area contributed by atoms with Crippen molar-refractivity contribution in [3.8, 4) is 0 Å². The Kier molecular flexibility index (Phi) is 1.77. The molecular formula is C11H13NO2. The second kappa shape index (κ2) is 2.74. The van der Waals surface area contributed by atoms with Crippen LogP contribution >= 0.6 is 0 Å². The van der Waals surface area contributed by atoms with E-state index in [1.54, 1.807) is 12.1 Å². The number of nitrogens with one attached hydrogen (secondary N) is 1. The zero-order valence-corrected chi connectivity index (χ0v) is 8.29. The van der Waals surface area contributed by atoms with Crippen LogP contribution in [0.15, 0.2) is 18.2 Å². The molecule has 14 heavy (non-hydrogen) atoms. The summed E-state index contributed by atoms with van der Waals surface area (Å²) in [5, 5.41) is 12.2. The molecule has 0 saturated heterocycles. The molecule has 1 aromatic rings. The SMILES string of the molecule is CC1(C)Cc2cc(C(=O)O)ccc2N1. The molecule has 0 fully saturated rings. The average molecular weight is 191 g/mol.